The van der Waals surface area contributed by atoms with E-state index in [1.807, 2.05) is 12.1 Å². The molecule has 26 heavy (non-hydrogen) atoms. The van der Waals surface area contributed by atoms with Crippen molar-refractivity contribution in [2.24, 2.45) is 0 Å². The third-order valence-corrected chi connectivity index (χ3v) is 4.69. The fraction of sp³-hybridized carbons (Fsp3) is 0.222. The molecule has 1 aliphatic rings. The van der Waals surface area contributed by atoms with Crippen molar-refractivity contribution in [2.45, 2.75) is 6.42 Å². The van der Waals surface area contributed by atoms with E-state index in [1.165, 1.54) is 6.08 Å². The molecule has 1 atom stereocenters. The Kier molecular flexibility index (Phi) is 4.54. The lowest BCUT2D eigenvalue weighted by molar-refractivity contribution is -0.246. The topological polar surface area (TPSA) is 113 Å². The molecule has 8 heteroatoms. The Bertz CT molecular complexity index is 898. The van der Waals surface area contributed by atoms with Gasteiger partial charge in [0.25, 0.3) is 0 Å². The number of carboxylic acid groups (broad SMARTS) is 2. The third-order valence-electron chi connectivity index (χ3n) is 4.69. The molecule has 0 radical (unpaired) electrons. The fourth-order valence-corrected chi connectivity index (χ4v) is 3.57. The fourth-order valence-electron chi connectivity index (χ4n) is 3.57. The average molecular weight is 357 g/mol. The summed E-state index contributed by atoms with van der Waals surface area (Å²) in [4.78, 5) is 23.9. The smallest absolute Gasteiger partial charge is 0.449 e. The Labute approximate surface area is 149 Å². The van der Waals surface area contributed by atoms with Gasteiger partial charge in [-0.3, -0.25) is 0 Å². The zero-order valence-electron chi connectivity index (χ0n) is 14.0. The molecule has 0 fully saturated rings. The first-order chi connectivity index (χ1) is 12.4. The zero-order chi connectivity index (χ0) is 18.9. The van der Waals surface area contributed by atoms with Crippen LogP contribution in [0.5, 0.6) is 0 Å². The molecule has 0 aliphatic carbocycles. The van der Waals surface area contributed by atoms with Gasteiger partial charge in [0.15, 0.2) is 5.69 Å². The van der Waals surface area contributed by atoms with Gasteiger partial charge in [-0.25, -0.2) is 4.79 Å². The van der Waals surface area contributed by atoms with E-state index in [4.69, 9.17) is 0 Å². The summed E-state index contributed by atoms with van der Waals surface area (Å²) in [6.07, 6.45) is -0.670. The first kappa shape index (κ1) is 17.7. The molecule has 0 aromatic heterocycles. The summed E-state index contributed by atoms with van der Waals surface area (Å²) in [6, 6.07) is 8.91. The van der Waals surface area contributed by atoms with Crippen LogP contribution in [-0.2, 0) is 6.42 Å². The molecule has 2 amide bonds. The van der Waals surface area contributed by atoms with Gasteiger partial charge < -0.3 is 25.0 Å². The van der Waals surface area contributed by atoms with Gasteiger partial charge in [-0.05, 0) is 5.39 Å². The Morgan fingerprint density at radius 2 is 2.04 bits per heavy atom. The SMILES string of the molecule is C=CCN(C(=O)[O-])c1cc2c(c3ccccc13)CC[N+]2(CO)NC(=O)O. The number of quaternary nitrogens is 1. The van der Waals surface area contributed by atoms with E-state index in [0.717, 1.165) is 15.8 Å². The van der Waals surface area contributed by atoms with Gasteiger partial charge in [0.1, 0.15) is 12.6 Å². The second-order valence-electron chi connectivity index (χ2n) is 6.10. The highest BCUT2D eigenvalue weighted by Gasteiger charge is 2.42. The number of amides is 2. The van der Waals surface area contributed by atoms with Crippen LogP contribution >= 0.6 is 0 Å². The summed E-state index contributed by atoms with van der Waals surface area (Å²) in [7, 11) is 0. The number of fused-ring (bicyclic) bond motifs is 3. The number of benzene rings is 2. The molecule has 8 nitrogen and oxygen atoms in total. The Morgan fingerprint density at radius 1 is 1.35 bits per heavy atom. The highest BCUT2D eigenvalue weighted by atomic mass is 16.4. The highest BCUT2D eigenvalue weighted by Crippen LogP contribution is 2.42. The normalized spacial score (nSPS) is 18.3. The summed E-state index contributed by atoms with van der Waals surface area (Å²) in [6.45, 7) is 3.45. The van der Waals surface area contributed by atoms with Crippen LogP contribution in [0.25, 0.3) is 10.8 Å². The summed E-state index contributed by atoms with van der Waals surface area (Å²) >= 11 is 0. The lowest BCUT2D eigenvalue weighted by Crippen LogP contribution is -2.61. The van der Waals surface area contributed by atoms with Crippen LogP contribution in [0.1, 0.15) is 5.56 Å². The van der Waals surface area contributed by atoms with Crippen LogP contribution in [0.15, 0.2) is 43.0 Å². The summed E-state index contributed by atoms with van der Waals surface area (Å²) in [5, 5.41) is 32.3. The average Bonchev–Trinajstić information content (AvgIpc) is 2.97. The Morgan fingerprint density at radius 3 is 2.62 bits per heavy atom. The van der Waals surface area contributed by atoms with Crippen molar-refractivity contribution in [1.82, 2.24) is 10.0 Å². The molecule has 0 spiro atoms. The first-order valence-corrected chi connectivity index (χ1v) is 8.07. The predicted octanol–water partition coefficient (Wildman–Crippen LogP) is 1.17. The molecule has 0 saturated carbocycles. The lowest BCUT2D eigenvalue weighted by atomic mass is 10.00. The van der Waals surface area contributed by atoms with E-state index < -0.39 is 18.9 Å². The van der Waals surface area contributed by atoms with Gasteiger partial charge >= 0.3 is 6.09 Å². The zero-order valence-corrected chi connectivity index (χ0v) is 14.0. The van der Waals surface area contributed by atoms with E-state index >= 15 is 0 Å². The molecule has 1 unspecified atom stereocenters. The van der Waals surface area contributed by atoms with Gasteiger partial charge in [-0.15, -0.1) is 6.58 Å². The number of hydrogen-bond acceptors (Lipinski definition) is 4. The summed E-state index contributed by atoms with van der Waals surface area (Å²) < 4.78 is -0.378. The van der Waals surface area contributed by atoms with Crippen molar-refractivity contribution in [3.63, 3.8) is 0 Å². The minimum atomic E-state index is -1.39. The number of carbonyl (C=O) groups excluding carboxylic acids is 1. The largest absolute Gasteiger partial charge is 0.530 e. The molecular weight excluding hydrogens is 338 g/mol. The number of aliphatic hydroxyl groups excluding tert-OH is 1. The van der Waals surface area contributed by atoms with E-state index in [0.29, 0.717) is 29.7 Å². The van der Waals surface area contributed by atoms with Crippen LogP contribution in [0.4, 0.5) is 21.0 Å². The first-order valence-electron chi connectivity index (χ1n) is 8.07. The summed E-state index contributed by atoms with van der Waals surface area (Å²) in [5.74, 6) is 0. The lowest BCUT2D eigenvalue weighted by Gasteiger charge is -2.32. The van der Waals surface area contributed by atoms with Gasteiger partial charge in [0, 0.05) is 30.0 Å². The maximum atomic E-state index is 11.6. The van der Waals surface area contributed by atoms with Crippen molar-refractivity contribution >= 4 is 34.3 Å². The maximum Gasteiger partial charge on any atom is 0.449 e. The minimum Gasteiger partial charge on any atom is -0.530 e. The van der Waals surface area contributed by atoms with E-state index in [2.05, 4.69) is 12.0 Å². The van der Waals surface area contributed by atoms with Crippen molar-refractivity contribution in [3.8, 4) is 0 Å². The maximum absolute atomic E-state index is 11.6. The molecule has 1 aliphatic heterocycles. The van der Waals surface area contributed by atoms with Crippen molar-refractivity contribution in [2.75, 3.05) is 24.7 Å². The molecule has 0 saturated heterocycles. The second-order valence-corrected chi connectivity index (χ2v) is 6.10. The highest BCUT2D eigenvalue weighted by molar-refractivity contribution is 6.05. The van der Waals surface area contributed by atoms with Crippen LogP contribution in [-0.4, -0.2) is 42.2 Å². The van der Waals surface area contributed by atoms with E-state index in [1.54, 1.807) is 18.2 Å². The van der Waals surface area contributed by atoms with Gasteiger partial charge in [-0.2, -0.15) is 10.0 Å². The number of carbonyl (C=O) groups is 2. The molecule has 136 valence electrons. The molecule has 1 heterocycles. The molecule has 2 aromatic rings. The van der Waals surface area contributed by atoms with Gasteiger partial charge in [0.2, 0.25) is 6.73 Å². The molecular formula is C18H19N3O5. The second kappa shape index (κ2) is 6.66. The molecule has 3 rings (SSSR count). The van der Waals surface area contributed by atoms with Crippen LogP contribution in [0.2, 0.25) is 0 Å². The molecule has 0 bridgehead atoms. The Balaban J connectivity index is 2.31. The van der Waals surface area contributed by atoms with Crippen molar-refractivity contribution in [3.05, 3.63) is 48.6 Å². The third kappa shape index (κ3) is 2.75. The quantitative estimate of drug-likeness (QED) is 0.549. The standard InChI is InChI=1S/C18H19N3O5/c1-2-8-20(18(25)26)15-10-16-14(12-5-3-4-6-13(12)15)7-9-21(16,11-22)19-17(23)24/h2-6,10,19,22H,1,7-9,11H2,(H-,23,24,25,26). The predicted molar refractivity (Wildman–Crippen MR) is 95.5 cm³/mol. The number of nitrogens with zero attached hydrogens (tertiary/aromatic N) is 2. The van der Waals surface area contributed by atoms with Crippen molar-refractivity contribution < 1.29 is 24.9 Å². The number of hydrogen-bond donors (Lipinski definition) is 3. The minimum absolute atomic E-state index is 0.0244. The Hall–Kier alpha value is -3.10. The van der Waals surface area contributed by atoms with Gasteiger partial charge in [-0.1, -0.05) is 30.3 Å². The van der Waals surface area contributed by atoms with E-state index in [9.17, 15) is 24.9 Å². The van der Waals surface area contributed by atoms with Crippen LogP contribution < -0.4 is 20.0 Å². The van der Waals surface area contributed by atoms with Crippen LogP contribution in [0.3, 0.4) is 0 Å². The number of aliphatic hydroxyl groups is 1. The van der Waals surface area contributed by atoms with Gasteiger partial charge in [0.05, 0.1) is 5.69 Å². The van der Waals surface area contributed by atoms with Crippen molar-refractivity contribution in [1.29, 1.82) is 0 Å². The number of anilines is 1. The monoisotopic (exact) mass is 357 g/mol. The van der Waals surface area contributed by atoms with E-state index in [-0.39, 0.29) is 11.1 Å². The number of rotatable bonds is 5. The number of nitrogens with one attached hydrogen (secondary N) is 1. The van der Waals surface area contributed by atoms with Crippen LogP contribution in [0, 0.1) is 0 Å². The molecule has 2 aromatic carbocycles. The molecule has 3 N–H and O–H groups in total. The summed E-state index contributed by atoms with van der Waals surface area (Å²) in [5.41, 5.74) is 4.13.